The Balaban J connectivity index is 2.63. The number of para-hydroxylation sites is 1. The van der Waals surface area contributed by atoms with Crippen molar-refractivity contribution in [2.45, 2.75) is 46.0 Å². The molecule has 0 saturated heterocycles. The highest BCUT2D eigenvalue weighted by molar-refractivity contribution is 5.49. The molecule has 2 aromatic rings. The van der Waals surface area contributed by atoms with Crippen molar-refractivity contribution < 1.29 is 5.11 Å². The summed E-state index contributed by atoms with van der Waals surface area (Å²) in [7, 11) is 0. The van der Waals surface area contributed by atoms with Crippen molar-refractivity contribution >= 4 is 0 Å². The van der Waals surface area contributed by atoms with Gasteiger partial charge in [-0.3, -0.25) is 0 Å². The van der Waals surface area contributed by atoms with Gasteiger partial charge in [-0.25, -0.2) is 0 Å². The van der Waals surface area contributed by atoms with E-state index in [1.54, 1.807) is 6.07 Å². The zero-order chi connectivity index (χ0) is 14.8. The van der Waals surface area contributed by atoms with Gasteiger partial charge in [0.1, 0.15) is 5.75 Å². The maximum absolute atomic E-state index is 10.2. The second-order valence-corrected chi connectivity index (χ2v) is 5.79. The highest BCUT2D eigenvalue weighted by Crippen LogP contribution is 2.39. The van der Waals surface area contributed by atoms with Crippen molar-refractivity contribution in [3.63, 3.8) is 0 Å². The first-order chi connectivity index (χ1) is 9.52. The summed E-state index contributed by atoms with van der Waals surface area (Å²) in [5.41, 5.74) is 4.95. The van der Waals surface area contributed by atoms with Crippen LogP contribution in [0.1, 0.15) is 49.9 Å². The van der Waals surface area contributed by atoms with Gasteiger partial charge < -0.3 is 5.11 Å². The van der Waals surface area contributed by atoms with Gasteiger partial charge in [-0.1, -0.05) is 64.1 Å². The average molecular weight is 268 g/mol. The second kappa shape index (κ2) is 5.70. The lowest BCUT2D eigenvalue weighted by Gasteiger charge is -2.30. The summed E-state index contributed by atoms with van der Waals surface area (Å²) in [4.78, 5) is 0. The van der Waals surface area contributed by atoms with Crippen molar-refractivity contribution in [2.75, 3.05) is 0 Å². The Morgan fingerprint density at radius 1 is 0.850 bits per heavy atom. The predicted octanol–water partition coefficient (Wildman–Crippen LogP) is 4.84. The van der Waals surface area contributed by atoms with E-state index in [0.29, 0.717) is 5.75 Å². The third kappa shape index (κ3) is 2.45. The van der Waals surface area contributed by atoms with Gasteiger partial charge in [0.15, 0.2) is 0 Å². The van der Waals surface area contributed by atoms with E-state index in [4.69, 9.17) is 0 Å². The van der Waals surface area contributed by atoms with Crippen LogP contribution < -0.4 is 0 Å². The summed E-state index contributed by atoms with van der Waals surface area (Å²) in [6.07, 6.45) is 2.07. The molecule has 106 valence electrons. The molecule has 0 amide bonds. The van der Waals surface area contributed by atoms with Gasteiger partial charge in [-0.05, 0) is 35.6 Å². The molecule has 0 aliphatic heterocycles. The van der Waals surface area contributed by atoms with E-state index in [1.807, 2.05) is 18.2 Å². The van der Waals surface area contributed by atoms with E-state index in [0.717, 1.165) is 18.4 Å². The minimum absolute atomic E-state index is 0.193. The molecule has 0 radical (unpaired) electrons. The smallest absolute Gasteiger partial charge is 0.119 e. The van der Waals surface area contributed by atoms with Crippen LogP contribution >= 0.6 is 0 Å². The van der Waals surface area contributed by atoms with Gasteiger partial charge in [0.25, 0.3) is 0 Å². The summed E-state index contributed by atoms with van der Waals surface area (Å²) in [5, 5.41) is 10.2. The molecule has 0 atom stereocenters. The van der Waals surface area contributed by atoms with Crippen molar-refractivity contribution in [2.24, 2.45) is 0 Å². The molecule has 0 aliphatic carbocycles. The standard InChI is InChI=1S/C19H24O/c1-5-14-10-9-12-16(15(14)6-2)19(3,4)17-11-7-8-13-18(17)20/h7-13,20H,5-6H2,1-4H3. The Kier molecular flexibility index (Phi) is 4.17. The van der Waals surface area contributed by atoms with Gasteiger partial charge in [-0.2, -0.15) is 0 Å². The molecule has 0 bridgehead atoms. The van der Waals surface area contributed by atoms with Crippen LogP contribution in [0.4, 0.5) is 0 Å². The zero-order valence-corrected chi connectivity index (χ0v) is 12.9. The molecule has 0 fully saturated rings. The fourth-order valence-corrected chi connectivity index (χ4v) is 3.12. The topological polar surface area (TPSA) is 20.2 Å². The fourth-order valence-electron chi connectivity index (χ4n) is 3.12. The molecule has 0 aromatic heterocycles. The molecule has 0 unspecified atom stereocenters. The van der Waals surface area contributed by atoms with Gasteiger partial charge >= 0.3 is 0 Å². The van der Waals surface area contributed by atoms with Gasteiger partial charge in [0.2, 0.25) is 0 Å². The highest BCUT2D eigenvalue weighted by atomic mass is 16.3. The average Bonchev–Trinajstić information content (AvgIpc) is 2.46. The molecule has 0 spiro atoms. The number of benzene rings is 2. The number of aryl methyl sites for hydroxylation is 1. The maximum Gasteiger partial charge on any atom is 0.119 e. The van der Waals surface area contributed by atoms with Crippen molar-refractivity contribution in [1.29, 1.82) is 0 Å². The van der Waals surface area contributed by atoms with E-state index < -0.39 is 0 Å². The molecule has 2 aromatic carbocycles. The number of hydrogen-bond donors (Lipinski definition) is 1. The SMILES string of the molecule is CCc1cccc(C(C)(C)c2ccccc2O)c1CC. The zero-order valence-electron chi connectivity index (χ0n) is 12.9. The number of phenolic OH excluding ortho intramolecular Hbond substituents is 1. The van der Waals surface area contributed by atoms with Crippen molar-refractivity contribution in [3.8, 4) is 5.75 Å². The van der Waals surface area contributed by atoms with E-state index >= 15 is 0 Å². The number of aromatic hydroxyl groups is 1. The first-order valence-corrected chi connectivity index (χ1v) is 7.42. The fraction of sp³-hybridized carbons (Fsp3) is 0.368. The Morgan fingerprint density at radius 3 is 2.10 bits per heavy atom. The predicted molar refractivity (Wildman–Crippen MR) is 85.4 cm³/mol. The Hall–Kier alpha value is -1.76. The van der Waals surface area contributed by atoms with Gasteiger partial charge in [0, 0.05) is 11.0 Å². The van der Waals surface area contributed by atoms with Crippen LogP contribution in [0, 0.1) is 0 Å². The summed E-state index contributed by atoms with van der Waals surface area (Å²) in [5.74, 6) is 0.376. The molecular formula is C19H24O. The number of phenols is 1. The largest absolute Gasteiger partial charge is 0.508 e. The summed E-state index contributed by atoms with van der Waals surface area (Å²) in [6.45, 7) is 8.79. The van der Waals surface area contributed by atoms with E-state index in [1.165, 1.54) is 16.7 Å². The normalized spacial score (nSPS) is 11.6. The molecule has 1 heteroatoms. The Morgan fingerprint density at radius 2 is 1.50 bits per heavy atom. The first-order valence-electron chi connectivity index (χ1n) is 7.42. The molecule has 20 heavy (non-hydrogen) atoms. The Labute approximate surface area is 122 Å². The van der Waals surface area contributed by atoms with E-state index in [-0.39, 0.29) is 5.41 Å². The first kappa shape index (κ1) is 14.6. The minimum Gasteiger partial charge on any atom is -0.508 e. The third-order valence-corrected chi connectivity index (χ3v) is 4.26. The monoisotopic (exact) mass is 268 g/mol. The minimum atomic E-state index is -0.193. The molecule has 0 saturated carbocycles. The number of hydrogen-bond acceptors (Lipinski definition) is 1. The van der Waals surface area contributed by atoms with Crippen LogP contribution in [-0.4, -0.2) is 5.11 Å². The Bertz CT molecular complexity index is 596. The van der Waals surface area contributed by atoms with Crippen LogP contribution in [0.3, 0.4) is 0 Å². The molecule has 0 aliphatic rings. The van der Waals surface area contributed by atoms with Crippen molar-refractivity contribution in [1.82, 2.24) is 0 Å². The molecule has 0 heterocycles. The molecule has 1 N–H and O–H groups in total. The van der Waals surface area contributed by atoms with Crippen LogP contribution in [0.2, 0.25) is 0 Å². The summed E-state index contributed by atoms with van der Waals surface area (Å²) in [6, 6.07) is 14.2. The number of rotatable bonds is 4. The van der Waals surface area contributed by atoms with Gasteiger partial charge in [-0.15, -0.1) is 0 Å². The highest BCUT2D eigenvalue weighted by Gasteiger charge is 2.28. The lowest BCUT2D eigenvalue weighted by molar-refractivity contribution is 0.452. The van der Waals surface area contributed by atoms with Crippen LogP contribution in [-0.2, 0) is 18.3 Å². The lowest BCUT2D eigenvalue weighted by atomic mass is 9.74. The summed E-state index contributed by atoms with van der Waals surface area (Å²) < 4.78 is 0. The third-order valence-electron chi connectivity index (χ3n) is 4.26. The lowest BCUT2D eigenvalue weighted by Crippen LogP contribution is -2.21. The van der Waals surface area contributed by atoms with E-state index in [2.05, 4.69) is 45.9 Å². The van der Waals surface area contributed by atoms with E-state index in [9.17, 15) is 5.11 Å². The van der Waals surface area contributed by atoms with Crippen molar-refractivity contribution in [3.05, 3.63) is 64.7 Å². The van der Waals surface area contributed by atoms with Crippen LogP contribution in [0.5, 0.6) is 5.75 Å². The van der Waals surface area contributed by atoms with Crippen LogP contribution in [0.25, 0.3) is 0 Å². The maximum atomic E-state index is 10.2. The molecule has 1 nitrogen and oxygen atoms in total. The molecular weight excluding hydrogens is 244 g/mol. The molecule has 2 rings (SSSR count). The van der Waals surface area contributed by atoms with Crippen LogP contribution in [0.15, 0.2) is 42.5 Å². The summed E-state index contributed by atoms with van der Waals surface area (Å²) >= 11 is 0. The second-order valence-electron chi connectivity index (χ2n) is 5.79. The quantitative estimate of drug-likeness (QED) is 0.841. The van der Waals surface area contributed by atoms with Gasteiger partial charge in [0.05, 0.1) is 0 Å².